The monoisotopic (exact) mass is 400 g/mol. The number of thiophene rings is 1. The highest BCUT2D eigenvalue weighted by Gasteiger charge is 2.13. The molecule has 1 aromatic heterocycles. The van der Waals surface area contributed by atoms with E-state index in [4.69, 9.17) is 11.6 Å². The van der Waals surface area contributed by atoms with Crippen molar-refractivity contribution in [2.24, 2.45) is 0 Å². The Morgan fingerprint density at radius 2 is 2.09 bits per heavy atom. The Hall–Kier alpha value is -1.37. The summed E-state index contributed by atoms with van der Waals surface area (Å²) in [5.41, 5.74) is 0.911. The van der Waals surface area contributed by atoms with Crippen LogP contribution >= 0.6 is 38.9 Å². The van der Waals surface area contributed by atoms with Crippen LogP contribution in [0.25, 0.3) is 0 Å². The fourth-order valence-electron chi connectivity index (χ4n) is 1.84. The number of hydrogen-bond acceptors (Lipinski definition) is 3. The van der Waals surface area contributed by atoms with Crippen LogP contribution in [-0.4, -0.2) is 18.4 Å². The molecule has 1 aromatic carbocycles. The van der Waals surface area contributed by atoms with Gasteiger partial charge in [-0.15, -0.1) is 11.3 Å². The zero-order valence-electron chi connectivity index (χ0n) is 11.7. The van der Waals surface area contributed by atoms with E-state index in [1.165, 1.54) is 11.3 Å². The van der Waals surface area contributed by atoms with E-state index < -0.39 is 0 Å². The average molecular weight is 402 g/mol. The molecular formula is C15H14BrClN2O2S. The second-order valence-corrected chi connectivity index (χ2v) is 7.53. The third kappa shape index (κ3) is 4.83. The number of hydrogen-bond donors (Lipinski definition) is 2. The maximum atomic E-state index is 11.9. The van der Waals surface area contributed by atoms with Crippen molar-refractivity contribution in [3.8, 4) is 0 Å². The van der Waals surface area contributed by atoms with Crippen molar-refractivity contribution in [1.82, 2.24) is 10.6 Å². The molecule has 0 aliphatic carbocycles. The van der Waals surface area contributed by atoms with E-state index in [1.54, 1.807) is 24.3 Å². The van der Waals surface area contributed by atoms with Crippen LogP contribution in [0.2, 0.25) is 5.02 Å². The van der Waals surface area contributed by atoms with Gasteiger partial charge < -0.3 is 10.6 Å². The summed E-state index contributed by atoms with van der Waals surface area (Å²) in [5.74, 6) is -0.516. The summed E-state index contributed by atoms with van der Waals surface area (Å²) in [6.45, 7) is 1.79. The summed E-state index contributed by atoms with van der Waals surface area (Å²) < 4.78 is 0.872. The van der Waals surface area contributed by atoms with Gasteiger partial charge in [0, 0.05) is 5.02 Å². The van der Waals surface area contributed by atoms with Crippen LogP contribution in [0.4, 0.5) is 0 Å². The molecule has 2 N–H and O–H groups in total. The number of rotatable bonds is 5. The zero-order valence-corrected chi connectivity index (χ0v) is 14.9. The Balaban J connectivity index is 1.84. The molecule has 0 fully saturated rings. The van der Waals surface area contributed by atoms with Crippen LogP contribution in [0.15, 0.2) is 40.2 Å². The summed E-state index contributed by atoms with van der Waals surface area (Å²) in [7, 11) is 0. The topological polar surface area (TPSA) is 58.2 Å². The lowest BCUT2D eigenvalue weighted by atomic mass is 10.1. The summed E-state index contributed by atoms with van der Waals surface area (Å²) in [6.07, 6.45) is 0. The van der Waals surface area contributed by atoms with Crippen molar-refractivity contribution < 1.29 is 9.59 Å². The molecule has 1 heterocycles. The van der Waals surface area contributed by atoms with Gasteiger partial charge in [-0.05, 0) is 52.7 Å². The fourth-order valence-corrected chi connectivity index (χ4v) is 3.34. The molecule has 4 nitrogen and oxygen atoms in total. The van der Waals surface area contributed by atoms with Crippen LogP contribution in [-0.2, 0) is 4.79 Å². The van der Waals surface area contributed by atoms with Gasteiger partial charge in [0.15, 0.2) is 0 Å². The predicted octanol–water partition coefficient (Wildman–Crippen LogP) is 3.77. The molecule has 0 radical (unpaired) electrons. The molecular weight excluding hydrogens is 388 g/mol. The fraction of sp³-hybridized carbons (Fsp3) is 0.200. The van der Waals surface area contributed by atoms with E-state index in [2.05, 4.69) is 26.6 Å². The molecule has 7 heteroatoms. The molecule has 22 heavy (non-hydrogen) atoms. The lowest BCUT2D eigenvalue weighted by Crippen LogP contribution is -2.37. The van der Waals surface area contributed by atoms with Crippen molar-refractivity contribution in [1.29, 1.82) is 0 Å². The summed E-state index contributed by atoms with van der Waals surface area (Å²) in [6, 6.07) is 10.6. The largest absolute Gasteiger partial charge is 0.348 e. The molecule has 0 saturated heterocycles. The number of halogens is 2. The first-order chi connectivity index (χ1) is 10.5. The maximum absolute atomic E-state index is 11.9. The number of carbonyl (C=O) groups excluding carboxylic acids is 2. The van der Waals surface area contributed by atoms with E-state index in [-0.39, 0.29) is 24.4 Å². The van der Waals surface area contributed by atoms with Gasteiger partial charge in [-0.2, -0.15) is 0 Å². The molecule has 0 spiro atoms. The second kappa shape index (κ2) is 7.76. The van der Waals surface area contributed by atoms with E-state index in [0.717, 1.165) is 9.35 Å². The molecule has 1 unspecified atom stereocenters. The lowest BCUT2D eigenvalue weighted by molar-refractivity contribution is -0.120. The number of carbonyl (C=O) groups is 2. The summed E-state index contributed by atoms with van der Waals surface area (Å²) in [5, 5.41) is 6.03. The van der Waals surface area contributed by atoms with Gasteiger partial charge in [-0.3, -0.25) is 9.59 Å². The van der Waals surface area contributed by atoms with Crippen molar-refractivity contribution in [2.75, 3.05) is 6.54 Å². The first-order valence-electron chi connectivity index (χ1n) is 6.54. The van der Waals surface area contributed by atoms with Crippen LogP contribution in [0.1, 0.15) is 28.2 Å². The summed E-state index contributed by atoms with van der Waals surface area (Å²) in [4.78, 5) is 24.3. The van der Waals surface area contributed by atoms with Gasteiger partial charge >= 0.3 is 0 Å². The highest BCUT2D eigenvalue weighted by Crippen LogP contribution is 2.21. The van der Waals surface area contributed by atoms with E-state index in [0.29, 0.717) is 9.90 Å². The van der Waals surface area contributed by atoms with Gasteiger partial charge in [0.25, 0.3) is 5.91 Å². The minimum absolute atomic E-state index is 0.0702. The first kappa shape index (κ1) is 17.0. The van der Waals surface area contributed by atoms with Gasteiger partial charge in [-0.1, -0.05) is 23.7 Å². The van der Waals surface area contributed by atoms with Crippen LogP contribution < -0.4 is 10.6 Å². The van der Waals surface area contributed by atoms with Crippen molar-refractivity contribution >= 4 is 50.7 Å². The SMILES string of the molecule is CC(NC(=O)CNC(=O)c1ccc(Br)s1)c1cccc(Cl)c1. The second-order valence-electron chi connectivity index (χ2n) is 4.63. The predicted molar refractivity (Wildman–Crippen MR) is 92.4 cm³/mol. The molecule has 2 aromatic rings. The highest BCUT2D eigenvalue weighted by atomic mass is 79.9. The molecule has 0 aliphatic rings. The van der Waals surface area contributed by atoms with Crippen molar-refractivity contribution in [3.05, 3.63) is 55.6 Å². The normalized spacial score (nSPS) is 11.8. The van der Waals surface area contributed by atoms with Gasteiger partial charge in [-0.25, -0.2) is 0 Å². The Bertz CT molecular complexity index is 690. The maximum Gasteiger partial charge on any atom is 0.261 e. The quantitative estimate of drug-likeness (QED) is 0.801. The number of amides is 2. The molecule has 1 atom stereocenters. The van der Waals surface area contributed by atoms with Crippen LogP contribution in [0.3, 0.4) is 0 Å². The van der Waals surface area contributed by atoms with E-state index in [1.807, 2.05) is 19.1 Å². The molecule has 0 aliphatic heterocycles. The average Bonchev–Trinajstić information content (AvgIpc) is 2.91. The third-order valence-corrected chi connectivity index (χ3v) is 4.79. The van der Waals surface area contributed by atoms with Gasteiger partial charge in [0.1, 0.15) is 0 Å². The minimum atomic E-state index is -0.263. The molecule has 116 valence electrons. The Morgan fingerprint density at radius 3 is 2.73 bits per heavy atom. The Morgan fingerprint density at radius 1 is 1.32 bits per heavy atom. The lowest BCUT2D eigenvalue weighted by Gasteiger charge is -2.14. The van der Waals surface area contributed by atoms with Crippen LogP contribution in [0, 0.1) is 0 Å². The Kier molecular flexibility index (Phi) is 5.99. The third-order valence-electron chi connectivity index (χ3n) is 2.93. The van der Waals surface area contributed by atoms with Crippen molar-refractivity contribution in [3.63, 3.8) is 0 Å². The molecule has 2 rings (SSSR count). The zero-order chi connectivity index (χ0) is 16.1. The molecule has 0 bridgehead atoms. The molecule has 2 amide bonds. The minimum Gasteiger partial charge on any atom is -0.348 e. The Labute approximate surface area is 146 Å². The number of nitrogens with one attached hydrogen (secondary N) is 2. The number of benzene rings is 1. The van der Waals surface area contributed by atoms with Crippen molar-refractivity contribution in [2.45, 2.75) is 13.0 Å². The first-order valence-corrected chi connectivity index (χ1v) is 8.53. The van der Waals surface area contributed by atoms with Gasteiger partial charge in [0.2, 0.25) is 5.91 Å². The van der Waals surface area contributed by atoms with E-state index >= 15 is 0 Å². The smallest absolute Gasteiger partial charge is 0.261 e. The van der Waals surface area contributed by atoms with Gasteiger partial charge in [0.05, 0.1) is 21.3 Å². The van der Waals surface area contributed by atoms with E-state index in [9.17, 15) is 9.59 Å². The standard InChI is InChI=1S/C15H14BrClN2O2S/c1-9(10-3-2-4-11(17)7-10)19-14(20)8-18-15(21)12-5-6-13(16)22-12/h2-7,9H,8H2,1H3,(H,18,21)(H,19,20). The highest BCUT2D eigenvalue weighted by molar-refractivity contribution is 9.11. The summed E-state index contributed by atoms with van der Waals surface area (Å²) >= 11 is 10.5. The van der Waals surface area contributed by atoms with Crippen LogP contribution in [0.5, 0.6) is 0 Å². The molecule has 0 saturated carbocycles.